The molecule has 0 fully saturated rings. The first kappa shape index (κ1) is 22.3. The van der Waals surface area contributed by atoms with Gasteiger partial charge in [0.1, 0.15) is 11.6 Å². The summed E-state index contributed by atoms with van der Waals surface area (Å²) < 4.78 is 24.9. The summed E-state index contributed by atoms with van der Waals surface area (Å²) in [4.78, 5) is 27.6. The Kier molecular flexibility index (Phi) is 6.22. The van der Waals surface area contributed by atoms with Gasteiger partial charge in [-0.25, -0.2) is 9.18 Å². The van der Waals surface area contributed by atoms with Crippen LogP contribution in [0.15, 0.2) is 59.1 Å². The third-order valence-electron chi connectivity index (χ3n) is 5.42. The SMILES string of the molecule is COC(=O)c1ccc(Br)c2c1C(=O)N(Cc1ccc(OC)cc1)C2c1cc(F)ccc1Cl. The average Bonchev–Trinajstić information content (AvgIpc) is 3.08. The number of ether oxygens (including phenoxy) is 2. The van der Waals surface area contributed by atoms with Crippen molar-refractivity contribution in [2.45, 2.75) is 12.6 Å². The second kappa shape index (κ2) is 8.92. The van der Waals surface area contributed by atoms with E-state index in [0.29, 0.717) is 26.4 Å². The van der Waals surface area contributed by atoms with Crippen molar-refractivity contribution in [1.29, 1.82) is 0 Å². The smallest absolute Gasteiger partial charge is 0.338 e. The zero-order valence-corrected chi connectivity index (χ0v) is 19.5. The van der Waals surface area contributed by atoms with Crippen LogP contribution < -0.4 is 4.74 Å². The molecule has 0 saturated heterocycles. The van der Waals surface area contributed by atoms with E-state index in [-0.39, 0.29) is 23.6 Å². The zero-order chi connectivity index (χ0) is 23.0. The number of halogens is 3. The van der Waals surface area contributed by atoms with Gasteiger partial charge in [-0.15, -0.1) is 0 Å². The van der Waals surface area contributed by atoms with E-state index in [9.17, 15) is 14.0 Å². The minimum atomic E-state index is -0.707. The molecule has 1 atom stereocenters. The van der Waals surface area contributed by atoms with Gasteiger partial charge in [0.2, 0.25) is 0 Å². The molecule has 0 N–H and O–H groups in total. The number of amides is 1. The summed E-state index contributed by atoms with van der Waals surface area (Å²) in [5.41, 5.74) is 2.16. The van der Waals surface area contributed by atoms with Crippen LogP contribution >= 0.6 is 27.5 Å². The summed E-state index contributed by atoms with van der Waals surface area (Å²) in [5.74, 6) is -0.791. The van der Waals surface area contributed by atoms with Crippen LogP contribution in [0.5, 0.6) is 5.75 Å². The highest BCUT2D eigenvalue weighted by atomic mass is 79.9. The van der Waals surface area contributed by atoms with Crippen molar-refractivity contribution in [2.75, 3.05) is 14.2 Å². The van der Waals surface area contributed by atoms with E-state index in [1.165, 1.54) is 31.4 Å². The van der Waals surface area contributed by atoms with E-state index in [1.54, 1.807) is 30.2 Å². The van der Waals surface area contributed by atoms with Gasteiger partial charge in [0.05, 0.1) is 31.4 Å². The maximum absolute atomic E-state index is 14.2. The molecule has 5 nitrogen and oxygen atoms in total. The number of esters is 1. The molecule has 8 heteroatoms. The summed E-state index contributed by atoms with van der Waals surface area (Å²) >= 11 is 9.96. The number of carbonyl (C=O) groups excluding carboxylic acids is 2. The number of hydrogen-bond acceptors (Lipinski definition) is 4. The first-order valence-corrected chi connectivity index (χ1v) is 10.8. The van der Waals surface area contributed by atoms with E-state index in [4.69, 9.17) is 21.1 Å². The Labute approximate surface area is 197 Å². The molecule has 0 bridgehead atoms. The Morgan fingerprint density at radius 2 is 1.84 bits per heavy atom. The van der Waals surface area contributed by atoms with Gasteiger partial charge in [0.15, 0.2) is 0 Å². The Hall–Kier alpha value is -2.90. The summed E-state index contributed by atoms with van der Waals surface area (Å²) in [6.07, 6.45) is 0. The molecule has 0 aromatic heterocycles. The normalized spacial score (nSPS) is 15.0. The van der Waals surface area contributed by atoms with Gasteiger partial charge in [-0.3, -0.25) is 4.79 Å². The number of nitrogens with zero attached hydrogens (tertiary/aromatic N) is 1. The van der Waals surface area contributed by atoms with E-state index >= 15 is 0 Å². The van der Waals surface area contributed by atoms with E-state index in [0.717, 1.165) is 5.56 Å². The van der Waals surface area contributed by atoms with E-state index < -0.39 is 17.8 Å². The third-order valence-corrected chi connectivity index (χ3v) is 6.46. The van der Waals surface area contributed by atoms with Gasteiger partial charge in [0, 0.05) is 27.2 Å². The minimum absolute atomic E-state index is 0.144. The van der Waals surface area contributed by atoms with Crippen molar-refractivity contribution in [3.05, 3.63) is 97.7 Å². The van der Waals surface area contributed by atoms with Gasteiger partial charge < -0.3 is 14.4 Å². The molecule has 1 unspecified atom stereocenters. The molecular formula is C24H18BrClFNO4. The fourth-order valence-electron chi connectivity index (χ4n) is 3.93. The topological polar surface area (TPSA) is 55.8 Å². The molecule has 164 valence electrons. The number of benzene rings is 3. The molecule has 1 aliphatic heterocycles. The minimum Gasteiger partial charge on any atom is -0.497 e. The Morgan fingerprint density at radius 1 is 1.12 bits per heavy atom. The largest absolute Gasteiger partial charge is 0.497 e. The summed E-state index contributed by atoms with van der Waals surface area (Å²) in [6.45, 7) is 0.210. The molecule has 0 aliphatic carbocycles. The molecular weight excluding hydrogens is 501 g/mol. The fraction of sp³-hybridized carbons (Fsp3) is 0.167. The molecule has 0 radical (unpaired) electrons. The van der Waals surface area contributed by atoms with Gasteiger partial charge in [0.25, 0.3) is 5.91 Å². The molecule has 4 rings (SSSR count). The van der Waals surface area contributed by atoms with Crippen molar-refractivity contribution < 1.29 is 23.5 Å². The number of rotatable bonds is 5. The molecule has 0 saturated carbocycles. The lowest BCUT2D eigenvalue weighted by Gasteiger charge is -2.27. The van der Waals surface area contributed by atoms with Crippen molar-refractivity contribution in [2.24, 2.45) is 0 Å². The predicted octanol–water partition coefficient (Wildman–Crippen LogP) is 5.78. The van der Waals surface area contributed by atoms with Crippen molar-refractivity contribution in [1.82, 2.24) is 4.90 Å². The maximum Gasteiger partial charge on any atom is 0.338 e. The van der Waals surface area contributed by atoms with Crippen LogP contribution in [0.4, 0.5) is 4.39 Å². The van der Waals surface area contributed by atoms with Gasteiger partial charge in [-0.2, -0.15) is 0 Å². The molecule has 1 heterocycles. The second-order valence-corrected chi connectivity index (χ2v) is 8.49. The lowest BCUT2D eigenvalue weighted by atomic mass is 9.95. The number of fused-ring (bicyclic) bond motifs is 1. The number of carbonyl (C=O) groups is 2. The highest BCUT2D eigenvalue weighted by Gasteiger charge is 2.43. The third kappa shape index (κ3) is 3.87. The molecule has 3 aromatic rings. The Morgan fingerprint density at radius 3 is 2.50 bits per heavy atom. The number of hydrogen-bond donors (Lipinski definition) is 0. The first-order chi connectivity index (χ1) is 15.3. The average molecular weight is 519 g/mol. The monoisotopic (exact) mass is 517 g/mol. The van der Waals surface area contributed by atoms with Gasteiger partial charge in [-0.05, 0) is 48.0 Å². The van der Waals surface area contributed by atoms with Crippen LogP contribution in [0, 0.1) is 5.82 Å². The Balaban J connectivity index is 1.91. The second-order valence-electron chi connectivity index (χ2n) is 7.22. The molecule has 32 heavy (non-hydrogen) atoms. The van der Waals surface area contributed by atoms with Crippen LogP contribution in [-0.2, 0) is 11.3 Å². The highest BCUT2D eigenvalue weighted by Crippen LogP contribution is 2.46. The first-order valence-electron chi connectivity index (χ1n) is 9.65. The van der Waals surface area contributed by atoms with Crippen LogP contribution in [0.1, 0.15) is 43.4 Å². The fourth-order valence-corrected chi connectivity index (χ4v) is 4.70. The van der Waals surface area contributed by atoms with Crippen LogP contribution in [0.25, 0.3) is 0 Å². The quantitative estimate of drug-likeness (QED) is 0.402. The molecule has 1 aliphatic rings. The predicted molar refractivity (Wildman–Crippen MR) is 122 cm³/mol. The number of methoxy groups -OCH3 is 2. The summed E-state index contributed by atoms with van der Waals surface area (Å²) in [6, 6.07) is 13.8. The highest BCUT2D eigenvalue weighted by molar-refractivity contribution is 9.10. The van der Waals surface area contributed by atoms with Crippen LogP contribution in [0.3, 0.4) is 0 Å². The molecule has 3 aromatic carbocycles. The molecule has 0 spiro atoms. The van der Waals surface area contributed by atoms with E-state index in [2.05, 4.69) is 15.9 Å². The molecule has 1 amide bonds. The lowest BCUT2D eigenvalue weighted by molar-refractivity contribution is 0.0591. The maximum atomic E-state index is 14.2. The summed E-state index contributed by atoms with van der Waals surface area (Å²) in [5, 5.41) is 0.312. The van der Waals surface area contributed by atoms with Gasteiger partial charge >= 0.3 is 5.97 Å². The van der Waals surface area contributed by atoms with E-state index in [1.807, 2.05) is 12.1 Å². The van der Waals surface area contributed by atoms with Crippen LogP contribution in [0.2, 0.25) is 5.02 Å². The van der Waals surface area contributed by atoms with Gasteiger partial charge in [-0.1, -0.05) is 39.7 Å². The van der Waals surface area contributed by atoms with Crippen LogP contribution in [-0.4, -0.2) is 31.0 Å². The van der Waals surface area contributed by atoms with Crippen molar-refractivity contribution in [3.8, 4) is 5.75 Å². The lowest BCUT2D eigenvalue weighted by Crippen LogP contribution is -2.29. The van der Waals surface area contributed by atoms with Crippen molar-refractivity contribution >= 4 is 39.4 Å². The standard InChI is InChI=1S/C24H18BrClFNO4/c1-31-15-6-3-13(4-7-15)12-28-22(17-11-14(27)5-10-19(17)26)21-18(25)9-8-16(24(30)32-2)20(21)23(28)29/h3-11,22H,12H2,1-2H3. The summed E-state index contributed by atoms with van der Waals surface area (Å²) in [7, 11) is 2.83. The zero-order valence-electron chi connectivity index (χ0n) is 17.2. The van der Waals surface area contributed by atoms with Crippen molar-refractivity contribution in [3.63, 3.8) is 0 Å². The Bertz CT molecular complexity index is 1220.